The van der Waals surface area contributed by atoms with Crippen molar-refractivity contribution in [1.82, 2.24) is 9.80 Å². The zero-order valence-corrected chi connectivity index (χ0v) is 20.2. The molecule has 0 aromatic heterocycles. The lowest BCUT2D eigenvalue weighted by molar-refractivity contribution is -0.173. The van der Waals surface area contributed by atoms with E-state index in [2.05, 4.69) is 44.9 Å². The van der Waals surface area contributed by atoms with E-state index < -0.39 is 15.9 Å². The predicted octanol–water partition coefficient (Wildman–Crippen LogP) is 3.61. The maximum Gasteiger partial charge on any atom is 0.307 e. The van der Waals surface area contributed by atoms with E-state index in [1.807, 2.05) is 6.92 Å². The molecule has 0 unspecified atom stereocenters. The van der Waals surface area contributed by atoms with Crippen molar-refractivity contribution in [3.63, 3.8) is 0 Å². The minimum Gasteiger partial charge on any atom is -0.399 e. The van der Waals surface area contributed by atoms with Crippen LogP contribution in [0.2, 0.25) is 0 Å². The first-order chi connectivity index (χ1) is 12.4. The molecule has 7 heteroatoms. The molecule has 0 radical (unpaired) electrons. The summed E-state index contributed by atoms with van der Waals surface area (Å²) in [5, 5.41) is 0.355. The number of unbranched alkanes of at least 4 members (excludes halogenated alkanes) is 5. The summed E-state index contributed by atoms with van der Waals surface area (Å²) in [4.78, 5) is 16.2. The second kappa shape index (κ2) is 16.1. The molecule has 0 N–H and O–H groups in total. The second-order valence-corrected chi connectivity index (χ2v) is 9.21. The lowest BCUT2D eigenvalue weighted by Crippen LogP contribution is -2.58. The molecule has 0 spiro atoms. The standard InChI is InChI=1S/C19H42N2O3SSi/c1-7-9-10-11-12-15-18(22)25-17-14-13-16-19(20(3)4,21(5)6)24-26-23-8-2/h7-17,26H2,1-6H3. The molecule has 0 aromatic carbocycles. The van der Waals surface area contributed by atoms with Gasteiger partial charge < -0.3 is 8.85 Å². The zero-order chi connectivity index (χ0) is 19.8. The molecule has 0 aliphatic rings. The first-order valence-electron chi connectivity index (χ1n) is 10.1. The van der Waals surface area contributed by atoms with Gasteiger partial charge in [-0.1, -0.05) is 44.4 Å². The highest BCUT2D eigenvalue weighted by Crippen LogP contribution is 2.25. The summed E-state index contributed by atoms with van der Waals surface area (Å²) in [6.45, 7) is 4.92. The van der Waals surface area contributed by atoms with Gasteiger partial charge in [0, 0.05) is 25.2 Å². The molecule has 0 atom stereocenters. The van der Waals surface area contributed by atoms with Gasteiger partial charge in [0.05, 0.1) is 0 Å². The van der Waals surface area contributed by atoms with Crippen molar-refractivity contribution < 1.29 is 13.6 Å². The number of carbonyl (C=O) groups excluding carboxylic acids is 1. The minimum atomic E-state index is -0.990. The molecular weight excluding hydrogens is 364 g/mol. The summed E-state index contributed by atoms with van der Waals surface area (Å²) >= 11 is 1.51. The van der Waals surface area contributed by atoms with Gasteiger partial charge in [0.15, 0.2) is 11.0 Å². The van der Waals surface area contributed by atoms with Crippen LogP contribution in [0.5, 0.6) is 0 Å². The van der Waals surface area contributed by atoms with Crippen LogP contribution in [0.15, 0.2) is 0 Å². The van der Waals surface area contributed by atoms with E-state index in [0.717, 1.165) is 37.9 Å². The summed E-state index contributed by atoms with van der Waals surface area (Å²) in [5.74, 6) is 0.503. The fraction of sp³-hybridized carbons (Fsp3) is 0.947. The first kappa shape index (κ1) is 26.1. The largest absolute Gasteiger partial charge is 0.399 e. The summed E-state index contributed by atoms with van der Waals surface area (Å²) in [5.41, 5.74) is 0. The molecule has 0 amide bonds. The lowest BCUT2D eigenvalue weighted by Gasteiger charge is -2.45. The maximum absolute atomic E-state index is 11.9. The number of thioether (sulfide) groups is 1. The Bertz CT molecular complexity index is 350. The minimum absolute atomic E-state index is 0.355. The Hall–Kier alpha value is 0.0769. The third kappa shape index (κ3) is 11.0. The Morgan fingerprint density at radius 3 is 2.19 bits per heavy atom. The number of nitrogens with zero attached hydrogens (tertiary/aromatic N) is 2. The molecule has 0 saturated heterocycles. The summed E-state index contributed by atoms with van der Waals surface area (Å²) in [7, 11) is 7.22. The Morgan fingerprint density at radius 1 is 0.962 bits per heavy atom. The third-order valence-electron chi connectivity index (χ3n) is 4.62. The van der Waals surface area contributed by atoms with E-state index in [1.165, 1.54) is 37.4 Å². The van der Waals surface area contributed by atoms with E-state index >= 15 is 0 Å². The van der Waals surface area contributed by atoms with Gasteiger partial charge >= 0.3 is 10.0 Å². The van der Waals surface area contributed by atoms with Gasteiger partial charge in [0.1, 0.15) is 0 Å². The fourth-order valence-corrected chi connectivity index (χ4v) is 4.95. The zero-order valence-electron chi connectivity index (χ0n) is 18.0. The van der Waals surface area contributed by atoms with Crippen LogP contribution in [0.3, 0.4) is 0 Å². The van der Waals surface area contributed by atoms with Gasteiger partial charge in [0.2, 0.25) is 0 Å². The van der Waals surface area contributed by atoms with Gasteiger partial charge in [-0.15, -0.1) is 0 Å². The summed E-state index contributed by atoms with van der Waals surface area (Å²) in [6.07, 6.45) is 9.76. The van der Waals surface area contributed by atoms with E-state index in [-0.39, 0.29) is 0 Å². The van der Waals surface area contributed by atoms with Crippen LogP contribution >= 0.6 is 11.8 Å². The van der Waals surface area contributed by atoms with E-state index in [9.17, 15) is 4.79 Å². The molecule has 0 saturated carbocycles. The SMILES string of the molecule is CCCCCCCC(=O)SCCCCC(O[SiH2]OCC)(N(C)C)N(C)C. The van der Waals surface area contributed by atoms with E-state index in [0.29, 0.717) is 11.7 Å². The van der Waals surface area contributed by atoms with Gasteiger partial charge in [-0.2, -0.15) is 0 Å². The smallest absolute Gasteiger partial charge is 0.307 e. The quantitative estimate of drug-likeness (QED) is 0.209. The molecule has 0 aliphatic heterocycles. The van der Waals surface area contributed by atoms with Crippen LogP contribution in [0, 0.1) is 0 Å². The van der Waals surface area contributed by atoms with Gasteiger partial charge in [-0.25, -0.2) is 0 Å². The summed E-state index contributed by atoms with van der Waals surface area (Å²) < 4.78 is 11.7. The predicted molar refractivity (Wildman–Crippen MR) is 116 cm³/mol. The van der Waals surface area contributed by atoms with E-state index in [4.69, 9.17) is 8.85 Å². The molecule has 26 heavy (non-hydrogen) atoms. The molecule has 0 fully saturated rings. The molecule has 0 aromatic rings. The molecule has 0 rings (SSSR count). The van der Waals surface area contributed by atoms with Crippen molar-refractivity contribution in [1.29, 1.82) is 0 Å². The van der Waals surface area contributed by atoms with Crippen molar-refractivity contribution in [2.24, 2.45) is 0 Å². The molecule has 0 bridgehead atoms. The highest BCUT2D eigenvalue weighted by molar-refractivity contribution is 8.13. The van der Waals surface area contributed by atoms with Crippen LogP contribution in [-0.4, -0.2) is 71.3 Å². The molecule has 0 aliphatic carbocycles. The monoisotopic (exact) mass is 406 g/mol. The maximum atomic E-state index is 11.9. The van der Waals surface area contributed by atoms with Crippen molar-refractivity contribution in [3.05, 3.63) is 0 Å². The van der Waals surface area contributed by atoms with Gasteiger partial charge in [-0.05, 0) is 54.4 Å². The van der Waals surface area contributed by atoms with Crippen LogP contribution in [0.1, 0.15) is 71.6 Å². The Balaban J connectivity index is 4.09. The van der Waals surface area contributed by atoms with Crippen molar-refractivity contribution in [2.75, 3.05) is 40.6 Å². The molecule has 0 heterocycles. The average molecular weight is 407 g/mol. The van der Waals surface area contributed by atoms with Gasteiger partial charge in [-0.3, -0.25) is 14.6 Å². The number of hydrogen-bond acceptors (Lipinski definition) is 6. The average Bonchev–Trinajstić information content (AvgIpc) is 2.59. The molecular formula is C19H42N2O3SSi. The number of carbonyl (C=O) groups is 1. The fourth-order valence-electron chi connectivity index (χ4n) is 2.99. The van der Waals surface area contributed by atoms with Crippen LogP contribution < -0.4 is 0 Å². The van der Waals surface area contributed by atoms with Crippen molar-refractivity contribution in [2.45, 2.75) is 77.5 Å². The Kier molecular flexibility index (Phi) is 16.1. The van der Waals surface area contributed by atoms with Crippen LogP contribution in [0.4, 0.5) is 0 Å². The van der Waals surface area contributed by atoms with E-state index in [1.54, 1.807) is 0 Å². The number of rotatable bonds is 17. The Morgan fingerprint density at radius 2 is 1.62 bits per heavy atom. The highest BCUT2D eigenvalue weighted by Gasteiger charge is 2.35. The highest BCUT2D eigenvalue weighted by atomic mass is 32.2. The van der Waals surface area contributed by atoms with Crippen molar-refractivity contribution >= 4 is 26.9 Å². The molecule has 5 nitrogen and oxygen atoms in total. The Labute approximate surface area is 168 Å². The molecule has 156 valence electrons. The third-order valence-corrected chi connectivity index (χ3v) is 6.79. The van der Waals surface area contributed by atoms with Crippen molar-refractivity contribution in [3.8, 4) is 0 Å². The first-order valence-corrected chi connectivity index (χ1v) is 12.3. The second-order valence-electron chi connectivity index (χ2n) is 7.13. The van der Waals surface area contributed by atoms with Crippen LogP contribution in [0.25, 0.3) is 0 Å². The van der Waals surface area contributed by atoms with Gasteiger partial charge in [0.25, 0.3) is 0 Å². The lowest BCUT2D eigenvalue weighted by atomic mass is 10.1. The number of hydrogen-bond donors (Lipinski definition) is 0. The summed E-state index contributed by atoms with van der Waals surface area (Å²) in [6, 6.07) is 0. The van der Waals surface area contributed by atoms with Crippen LogP contribution in [-0.2, 0) is 13.6 Å². The normalized spacial score (nSPS) is 12.8. The topological polar surface area (TPSA) is 42.0 Å².